The standard InChI is InChI=1S/C16H12IN3O2S/c17-12-3-5-13(6-4-12)22-9-15(21)20-16-19-14(10-23-16)11-2-1-7-18-8-11/h1-8,10H,9H2,(H,19,20,21). The molecule has 0 spiro atoms. The first-order chi connectivity index (χ1) is 11.2. The molecule has 1 amide bonds. The molecule has 7 heteroatoms. The fraction of sp³-hybridized carbons (Fsp3) is 0.0625. The van der Waals surface area contributed by atoms with E-state index in [0.717, 1.165) is 14.8 Å². The van der Waals surface area contributed by atoms with Gasteiger partial charge in [0.1, 0.15) is 5.75 Å². The van der Waals surface area contributed by atoms with E-state index in [2.05, 4.69) is 37.9 Å². The zero-order valence-electron chi connectivity index (χ0n) is 11.9. The molecule has 23 heavy (non-hydrogen) atoms. The summed E-state index contributed by atoms with van der Waals surface area (Å²) < 4.78 is 6.55. The van der Waals surface area contributed by atoms with Crippen LogP contribution in [0.25, 0.3) is 11.3 Å². The highest BCUT2D eigenvalue weighted by Gasteiger charge is 2.09. The molecular formula is C16H12IN3O2S. The average molecular weight is 437 g/mol. The molecule has 2 aromatic heterocycles. The predicted octanol–water partition coefficient (Wildman–Crippen LogP) is 3.83. The molecule has 0 atom stereocenters. The van der Waals surface area contributed by atoms with Crippen molar-refractivity contribution in [1.82, 2.24) is 9.97 Å². The number of nitrogens with one attached hydrogen (secondary N) is 1. The SMILES string of the molecule is O=C(COc1ccc(I)cc1)Nc1nc(-c2cccnc2)cs1. The molecule has 0 aliphatic carbocycles. The van der Waals surface area contributed by atoms with Gasteiger partial charge < -0.3 is 4.74 Å². The smallest absolute Gasteiger partial charge is 0.264 e. The molecule has 5 nitrogen and oxygen atoms in total. The maximum absolute atomic E-state index is 11.9. The first-order valence-corrected chi connectivity index (χ1v) is 8.71. The summed E-state index contributed by atoms with van der Waals surface area (Å²) in [5.41, 5.74) is 1.70. The topological polar surface area (TPSA) is 64.1 Å². The lowest BCUT2D eigenvalue weighted by atomic mass is 10.2. The van der Waals surface area contributed by atoms with Gasteiger partial charge in [0.25, 0.3) is 5.91 Å². The lowest BCUT2D eigenvalue weighted by molar-refractivity contribution is -0.118. The number of nitrogens with zero attached hydrogens (tertiary/aromatic N) is 2. The van der Waals surface area contributed by atoms with E-state index in [4.69, 9.17) is 4.74 Å². The van der Waals surface area contributed by atoms with Gasteiger partial charge in [-0.25, -0.2) is 4.98 Å². The molecule has 3 aromatic rings. The third kappa shape index (κ3) is 4.49. The molecule has 0 fully saturated rings. The highest BCUT2D eigenvalue weighted by molar-refractivity contribution is 14.1. The van der Waals surface area contributed by atoms with E-state index in [-0.39, 0.29) is 12.5 Å². The number of ether oxygens (including phenoxy) is 1. The van der Waals surface area contributed by atoms with Crippen LogP contribution in [-0.2, 0) is 4.79 Å². The van der Waals surface area contributed by atoms with Gasteiger partial charge in [0.05, 0.1) is 5.69 Å². The van der Waals surface area contributed by atoms with Crippen LogP contribution >= 0.6 is 33.9 Å². The zero-order chi connectivity index (χ0) is 16.1. The summed E-state index contributed by atoms with van der Waals surface area (Å²) in [5, 5.41) is 5.16. The third-order valence-electron chi connectivity index (χ3n) is 2.89. The maximum atomic E-state index is 11.9. The Morgan fingerprint density at radius 1 is 1.26 bits per heavy atom. The number of thiazole rings is 1. The second kappa shape index (κ2) is 7.51. The van der Waals surface area contributed by atoms with E-state index in [1.165, 1.54) is 11.3 Å². The molecule has 116 valence electrons. The number of anilines is 1. The van der Waals surface area contributed by atoms with Crippen LogP contribution in [0, 0.1) is 3.57 Å². The van der Waals surface area contributed by atoms with E-state index in [0.29, 0.717) is 10.9 Å². The number of amides is 1. The van der Waals surface area contributed by atoms with Gasteiger partial charge in [0.2, 0.25) is 0 Å². The predicted molar refractivity (Wildman–Crippen MR) is 98.6 cm³/mol. The molecule has 0 unspecified atom stereocenters. The Balaban J connectivity index is 1.56. The number of carbonyl (C=O) groups is 1. The zero-order valence-corrected chi connectivity index (χ0v) is 14.9. The highest BCUT2D eigenvalue weighted by atomic mass is 127. The van der Waals surface area contributed by atoms with Gasteiger partial charge in [-0.1, -0.05) is 0 Å². The van der Waals surface area contributed by atoms with Gasteiger partial charge in [0, 0.05) is 26.9 Å². The summed E-state index contributed by atoms with van der Waals surface area (Å²) in [7, 11) is 0. The van der Waals surface area contributed by atoms with E-state index >= 15 is 0 Å². The Morgan fingerprint density at radius 3 is 2.83 bits per heavy atom. The Kier molecular flexibility index (Phi) is 5.19. The second-order valence-corrected chi connectivity index (χ2v) is 6.67. The summed E-state index contributed by atoms with van der Waals surface area (Å²) >= 11 is 3.58. The average Bonchev–Trinajstić information content (AvgIpc) is 3.04. The van der Waals surface area contributed by atoms with Gasteiger partial charge >= 0.3 is 0 Å². The van der Waals surface area contributed by atoms with Crippen LogP contribution < -0.4 is 10.1 Å². The maximum Gasteiger partial charge on any atom is 0.264 e. The van der Waals surface area contributed by atoms with Crippen LogP contribution in [0.3, 0.4) is 0 Å². The Labute approximate surface area is 150 Å². The largest absolute Gasteiger partial charge is 0.484 e. The monoisotopic (exact) mass is 437 g/mol. The quantitative estimate of drug-likeness (QED) is 0.617. The minimum atomic E-state index is -0.240. The summed E-state index contributed by atoms with van der Waals surface area (Å²) in [6.45, 7) is -0.0532. The molecule has 0 bridgehead atoms. The lowest BCUT2D eigenvalue weighted by Crippen LogP contribution is -2.20. The molecule has 0 radical (unpaired) electrons. The van der Waals surface area contributed by atoms with Gasteiger partial charge in [0.15, 0.2) is 11.7 Å². The summed E-state index contributed by atoms with van der Waals surface area (Å²) in [6, 6.07) is 11.3. The number of benzene rings is 1. The van der Waals surface area contributed by atoms with Crippen LogP contribution in [0.2, 0.25) is 0 Å². The third-order valence-corrected chi connectivity index (χ3v) is 4.37. The molecule has 1 N–H and O–H groups in total. The molecule has 3 rings (SSSR count). The molecule has 0 aliphatic rings. The van der Waals surface area contributed by atoms with Crippen molar-refractivity contribution in [3.05, 3.63) is 57.7 Å². The molecule has 1 aromatic carbocycles. The van der Waals surface area contributed by atoms with Gasteiger partial charge in [-0.05, 0) is 59.0 Å². The van der Waals surface area contributed by atoms with Crippen molar-refractivity contribution < 1.29 is 9.53 Å². The van der Waals surface area contributed by atoms with Crippen molar-refractivity contribution in [3.8, 4) is 17.0 Å². The van der Waals surface area contributed by atoms with Gasteiger partial charge in [-0.15, -0.1) is 11.3 Å². The molecule has 0 aliphatic heterocycles. The van der Waals surface area contributed by atoms with Crippen molar-refractivity contribution >= 4 is 45.0 Å². The number of halogens is 1. The summed E-state index contributed by atoms with van der Waals surface area (Å²) in [6.07, 6.45) is 3.45. The number of hydrogen-bond acceptors (Lipinski definition) is 5. The lowest BCUT2D eigenvalue weighted by Gasteiger charge is -2.05. The summed E-state index contributed by atoms with van der Waals surface area (Å²) in [5.74, 6) is 0.423. The highest BCUT2D eigenvalue weighted by Crippen LogP contribution is 2.24. The van der Waals surface area contributed by atoms with E-state index in [1.807, 2.05) is 41.8 Å². The fourth-order valence-electron chi connectivity index (χ4n) is 1.81. The first-order valence-electron chi connectivity index (χ1n) is 6.75. The normalized spacial score (nSPS) is 10.3. The molecule has 2 heterocycles. The van der Waals surface area contributed by atoms with Crippen LogP contribution in [0.15, 0.2) is 54.2 Å². The van der Waals surface area contributed by atoms with Crippen LogP contribution in [-0.4, -0.2) is 22.5 Å². The number of carbonyl (C=O) groups excluding carboxylic acids is 1. The number of rotatable bonds is 5. The first kappa shape index (κ1) is 15.9. The fourth-order valence-corrected chi connectivity index (χ4v) is 2.91. The van der Waals surface area contributed by atoms with E-state index in [9.17, 15) is 4.79 Å². The van der Waals surface area contributed by atoms with Crippen molar-refractivity contribution in [3.63, 3.8) is 0 Å². The van der Waals surface area contributed by atoms with Crippen molar-refractivity contribution in [2.45, 2.75) is 0 Å². The summed E-state index contributed by atoms with van der Waals surface area (Å²) in [4.78, 5) is 20.3. The van der Waals surface area contributed by atoms with Crippen LogP contribution in [0.1, 0.15) is 0 Å². The van der Waals surface area contributed by atoms with Crippen LogP contribution in [0.5, 0.6) is 5.75 Å². The minimum absolute atomic E-state index is 0.0532. The number of pyridine rings is 1. The Bertz CT molecular complexity index is 791. The molecule has 0 saturated carbocycles. The van der Waals surface area contributed by atoms with Crippen molar-refractivity contribution in [1.29, 1.82) is 0 Å². The number of aromatic nitrogens is 2. The van der Waals surface area contributed by atoms with E-state index < -0.39 is 0 Å². The van der Waals surface area contributed by atoms with Crippen molar-refractivity contribution in [2.75, 3.05) is 11.9 Å². The molecular weight excluding hydrogens is 425 g/mol. The Hall–Kier alpha value is -2.00. The van der Waals surface area contributed by atoms with E-state index in [1.54, 1.807) is 12.4 Å². The Morgan fingerprint density at radius 2 is 2.09 bits per heavy atom. The second-order valence-electron chi connectivity index (χ2n) is 4.57. The van der Waals surface area contributed by atoms with Gasteiger partial charge in [-0.2, -0.15) is 0 Å². The van der Waals surface area contributed by atoms with Gasteiger partial charge in [-0.3, -0.25) is 15.1 Å². The van der Waals surface area contributed by atoms with Crippen LogP contribution in [0.4, 0.5) is 5.13 Å². The minimum Gasteiger partial charge on any atom is -0.484 e. The number of hydrogen-bond donors (Lipinski definition) is 1. The molecule has 0 saturated heterocycles. The van der Waals surface area contributed by atoms with Crippen molar-refractivity contribution in [2.24, 2.45) is 0 Å².